The van der Waals surface area contributed by atoms with Gasteiger partial charge in [-0.2, -0.15) is 0 Å². The standard InChI is InChI=1S/C35H33N3O4S/c1-5-41-34(40)31-23(4)36-35-38(32(31)27-16-10-12-18-29(27)42-22(2)3)33(39)30(43-35)19-25-21-37(20-24-13-7-6-8-14-24)28-17-11-9-15-26(25)28/h6-19,21-22,32H,5,20H2,1-4H3/b30-19-/t32-/m1/s1. The monoisotopic (exact) mass is 591 g/mol. The summed E-state index contributed by atoms with van der Waals surface area (Å²) in [6, 6.07) is 25.3. The number of nitrogens with zero attached hydrogens (tertiary/aromatic N) is 3. The molecule has 3 heterocycles. The van der Waals surface area contributed by atoms with Crippen molar-refractivity contribution in [3.05, 3.63) is 133 Å². The first-order chi connectivity index (χ1) is 20.9. The van der Waals surface area contributed by atoms with Gasteiger partial charge < -0.3 is 14.0 Å². The fraction of sp³-hybridized carbons (Fsp3) is 0.229. The zero-order valence-electron chi connectivity index (χ0n) is 24.6. The molecule has 43 heavy (non-hydrogen) atoms. The van der Waals surface area contributed by atoms with Crippen molar-refractivity contribution in [3.8, 4) is 5.75 Å². The van der Waals surface area contributed by atoms with Crippen molar-refractivity contribution < 1.29 is 14.3 Å². The number of hydrogen-bond acceptors (Lipinski definition) is 6. The van der Waals surface area contributed by atoms with E-state index in [0.717, 1.165) is 16.5 Å². The third kappa shape index (κ3) is 5.46. The van der Waals surface area contributed by atoms with Gasteiger partial charge >= 0.3 is 5.97 Å². The zero-order chi connectivity index (χ0) is 30.1. The van der Waals surface area contributed by atoms with E-state index in [1.807, 2.05) is 74.5 Å². The van der Waals surface area contributed by atoms with Crippen molar-refractivity contribution >= 4 is 34.3 Å². The summed E-state index contributed by atoms with van der Waals surface area (Å²) in [6.45, 7) is 8.38. The molecule has 3 aromatic carbocycles. The number of thiazole rings is 1. The topological polar surface area (TPSA) is 74.8 Å². The molecule has 0 unspecified atom stereocenters. The SMILES string of the molecule is CCOC(=O)C1=C(C)N=c2s/c(=C\c3cn(Cc4ccccc4)c4ccccc34)c(=O)n2[C@@H]1c1ccccc1OC(C)C. The lowest BCUT2D eigenvalue weighted by molar-refractivity contribution is -0.139. The Kier molecular flexibility index (Phi) is 7.86. The molecule has 218 valence electrons. The number of ether oxygens (including phenoxy) is 2. The Balaban J connectivity index is 1.54. The molecule has 0 spiro atoms. The van der Waals surface area contributed by atoms with Gasteiger partial charge in [-0.3, -0.25) is 9.36 Å². The van der Waals surface area contributed by atoms with Crippen LogP contribution in [0.15, 0.2) is 106 Å². The fourth-order valence-corrected chi connectivity index (χ4v) is 6.63. The van der Waals surface area contributed by atoms with Crippen LogP contribution in [0, 0.1) is 0 Å². The van der Waals surface area contributed by atoms with E-state index in [1.54, 1.807) is 18.4 Å². The van der Waals surface area contributed by atoms with Gasteiger partial charge in [-0.15, -0.1) is 0 Å². The Hall–Kier alpha value is -4.69. The molecule has 0 N–H and O–H groups in total. The van der Waals surface area contributed by atoms with E-state index in [2.05, 4.69) is 35.0 Å². The van der Waals surface area contributed by atoms with Gasteiger partial charge in [0.05, 0.1) is 28.5 Å². The number of esters is 1. The maximum Gasteiger partial charge on any atom is 0.338 e. The molecule has 0 aliphatic carbocycles. The van der Waals surface area contributed by atoms with Crippen LogP contribution in [0.3, 0.4) is 0 Å². The van der Waals surface area contributed by atoms with Crippen LogP contribution in [0.1, 0.15) is 50.4 Å². The maximum absolute atomic E-state index is 14.3. The Morgan fingerprint density at radius 1 is 1.02 bits per heavy atom. The minimum absolute atomic E-state index is 0.0960. The van der Waals surface area contributed by atoms with Crippen molar-refractivity contribution in [2.45, 2.75) is 46.4 Å². The van der Waals surface area contributed by atoms with Crippen molar-refractivity contribution in [1.82, 2.24) is 9.13 Å². The van der Waals surface area contributed by atoms with E-state index in [9.17, 15) is 9.59 Å². The summed E-state index contributed by atoms with van der Waals surface area (Å²) < 4.78 is 16.0. The van der Waals surface area contributed by atoms with Gasteiger partial charge in [0.1, 0.15) is 11.8 Å². The Morgan fingerprint density at radius 3 is 2.51 bits per heavy atom. The van der Waals surface area contributed by atoms with Crippen molar-refractivity contribution in [2.24, 2.45) is 4.99 Å². The van der Waals surface area contributed by atoms with Crippen LogP contribution in [0.2, 0.25) is 0 Å². The third-order valence-electron chi connectivity index (χ3n) is 7.40. The molecule has 0 amide bonds. The number of para-hydroxylation sites is 2. The average molecular weight is 592 g/mol. The maximum atomic E-state index is 14.3. The minimum Gasteiger partial charge on any atom is -0.491 e. The highest BCUT2D eigenvalue weighted by Gasteiger charge is 2.35. The molecule has 1 aliphatic rings. The number of fused-ring (bicyclic) bond motifs is 2. The van der Waals surface area contributed by atoms with Gasteiger partial charge in [0.15, 0.2) is 4.80 Å². The van der Waals surface area contributed by atoms with Crippen molar-refractivity contribution in [1.29, 1.82) is 0 Å². The lowest BCUT2D eigenvalue weighted by Crippen LogP contribution is -2.40. The van der Waals surface area contributed by atoms with Gasteiger partial charge in [-0.05, 0) is 51.5 Å². The van der Waals surface area contributed by atoms with E-state index >= 15 is 0 Å². The van der Waals surface area contributed by atoms with Crippen LogP contribution in [0.25, 0.3) is 17.0 Å². The Bertz CT molecular complexity index is 2030. The number of hydrogen-bond donors (Lipinski definition) is 0. The molecule has 6 rings (SSSR count). The normalized spacial score (nSPS) is 15.1. The molecule has 8 heteroatoms. The molecule has 7 nitrogen and oxygen atoms in total. The summed E-state index contributed by atoms with van der Waals surface area (Å²) in [5.41, 5.74) is 4.57. The van der Waals surface area contributed by atoms with Crippen LogP contribution in [0.4, 0.5) is 0 Å². The van der Waals surface area contributed by atoms with Crippen LogP contribution >= 0.6 is 11.3 Å². The molecular formula is C35H33N3O4S. The highest BCUT2D eigenvalue weighted by molar-refractivity contribution is 7.07. The van der Waals surface area contributed by atoms with E-state index in [0.29, 0.717) is 38.5 Å². The first-order valence-corrected chi connectivity index (χ1v) is 15.2. The van der Waals surface area contributed by atoms with E-state index in [4.69, 9.17) is 14.5 Å². The van der Waals surface area contributed by atoms with Gasteiger partial charge in [0.25, 0.3) is 5.56 Å². The second-order valence-electron chi connectivity index (χ2n) is 10.7. The second-order valence-corrected chi connectivity index (χ2v) is 11.7. The quantitative estimate of drug-likeness (QED) is 0.221. The minimum atomic E-state index is -0.744. The van der Waals surface area contributed by atoms with E-state index in [1.165, 1.54) is 16.9 Å². The summed E-state index contributed by atoms with van der Waals surface area (Å²) in [7, 11) is 0. The molecule has 1 atom stereocenters. The summed E-state index contributed by atoms with van der Waals surface area (Å²) in [4.78, 5) is 32.9. The van der Waals surface area contributed by atoms with Gasteiger partial charge in [-0.1, -0.05) is 78.1 Å². The molecular weight excluding hydrogens is 558 g/mol. The molecule has 0 radical (unpaired) electrons. The average Bonchev–Trinajstić information content (AvgIpc) is 3.49. The Labute approximate surface area is 253 Å². The molecule has 0 saturated heterocycles. The van der Waals surface area contributed by atoms with E-state index in [-0.39, 0.29) is 18.3 Å². The third-order valence-corrected chi connectivity index (χ3v) is 8.38. The summed E-state index contributed by atoms with van der Waals surface area (Å²) in [5.74, 6) is 0.115. The summed E-state index contributed by atoms with van der Waals surface area (Å²) in [5, 5.41) is 1.06. The smallest absolute Gasteiger partial charge is 0.338 e. The largest absolute Gasteiger partial charge is 0.491 e. The van der Waals surface area contributed by atoms with Crippen molar-refractivity contribution in [3.63, 3.8) is 0 Å². The lowest BCUT2D eigenvalue weighted by atomic mass is 9.95. The highest BCUT2D eigenvalue weighted by atomic mass is 32.1. The lowest BCUT2D eigenvalue weighted by Gasteiger charge is -2.26. The summed E-state index contributed by atoms with van der Waals surface area (Å²) >= 11 is 1.32. The molecule has 2 aromatic heterocycles. The number of carbonyl (C=O) groups is 1. The zero-order valence-corrected chi connectivity index (χ0v) is 25.4. The number of allylic oxidation sites excluding steroid dienone is 1. The van der Waals surface area contributed by atoms with Gasteiger partial charge in [0, 0.05) is 34.8 Å². The molecule has 1 aliphatic heterocycles. The van der Waals surface area contributed by atoms with E-state index < -0.39 is 12.0 Å². The first-order valence-electron chi connectivity index (χ1n) is 14.4. The highest BCUT2D eigenvalue weighted by Crippen LogP contribution is 2.36. The molecule has 0 fully saturated rings. The van der Waals surface area contributed by atoms with Crippen LogP contribution in [0.5, 0.6) is 5.75 Å². The molecule has 0 bridgehead atoms. The predicted molar refractivity (Wildman–Crippen MR) is 170 cm³/mol. The van der Waals surface area contributed by atoms with Crippen LogP contribution in [-0.4, -0.2) is 27.8 Å². The van der Waals surface area contributed by atoms with Gasteiger partial charge in [-0.25, -0.2) is 9.79 Å². The first kappa shape index (κ1) is 28.4. The second kappa shape index (κ2) is 11.9. The summed E-state index contributed by atoms with van der Waals surface area (Å²) in [6.07, 6.45) is 3.93. The molecule has 0 saturated carbocycles. The predicted octanol–water partition coefficient (Wildman–Crippen LogP) is 5.59. The Morgan fingerprint density at radius 2 is 1.74 bits per heavy atom. The number of rotatable bonds is 8. The fourth-order valence-electron chi connectivity index (χ4n) is 5.60. The number of carbonyl (C=O) groups excluding carboxylic acids is 1. The molecule has 5 aromatic rings. The van der Waals surface area contributed by atoms with Crippen LogP contribution in [-0.2, 0) is 16.1 Å². The van der Waals surface area contributed by atoms with Gasteiger partial charge in [0.2, 0.25) is 0 Å². The number of aromatic nitrogens is 2. The van der Waals surface area contributed by atoms with Crippen LogP contribution < -0.4 is 19.6 Å². The van der Waals surface area contributed by atoms with Crippen molar-refractivity contribution in [2.75, 3.05) is 6.61 Å². The number of benzene rings is 3.